The second-order valence-corrected chi connectivity index (χ2v) is 10.1. The maximum absolute atomic E-state index is 13.6. The Balaban J connectivity index is 1.50. The van der Waals surface area contributed by atoms with Gasteiger partial charge >= 0.3 is 0 Å². The molecule has 3 aromatic rings. The molecule has 4 N–H and O–H groups in total. The van der Waals surface area contributed by atoms with Crippen LogP contribution in [0.25, 0.3) is 0 Å². The predicted octanol–water partition coefficient (Wildman–Crippen LogP) is 4.14. The highest BCUT2D eigenvalue weighted by atomic mass is 16.5. The molecular weight excluding hydrogens is 504 g/mol. The molecule has 0 spiro atoms. The number of methoxy groups -OCH3 is 1. The van der Waals surface area contributed by atoms with Crippen LogP contribution in [0.2, 0.25) is 0 Å². The number of carbonyl (C=O) groups is 2. The van der Waals surface area contributed by atoms with Gasteiger partial charge < -0.3 is 30.7 Å². The fourth-order valence-electron chi connectivity index (χ4n) is 4.98. The second kappa shape index (κ2) is 14.5. The summed E-state index contributed by atoms with van der Waals surface area (Å²) in [5.41, 5.74) is 3.99. The lowest BCUT2D eigenvalue weighted by atomic mass is 10.00. The molecule has 4 rings (SSSR count). The van der Waals surface area contributed by atoms with Gasteiger partial charge in [-0.1, -0.05) is 42.5 Å². The molecule has 1 fully saturated rings. The van der Waals surface area contributed by atoms with Crippen LogP contribution in [0.15, 0.2) is 72.8 Å². The van der Waals surface area contributed by atoms with E-state index in [2.05, 4.69) is 16.0 Å². The summed E-state index contributed by atoms with van der Waals surface area (Å²) in [7, 11) is 1.63. The van der Waals surface area contributed by atoms with Crippen LogP contribution in [0, 0.1) is 0 Å². The van der Waals surface area contributed by atoms with Crippen molar-refractivity contribution in [1.29, 1.82) is 0 Å². The molecule has 1 aliphatic rings. The number of amides is 2. The normalized spacial score (nSPS) is 14.9. The number of hydrogen-bond acceptors (Lipinski definition) is 6. The van der Waals surface area contributed by atoms with Gasteiger partial charge in [0.25, 0.3) is 5.91 Å². The molecule has 40 heavy (non-hydrogen) atoms. The van der Waals surface area contributed by atoms with Crippen molar-refractivity contribution < 1.29 is 19.4 Å². The summed E-state index contributed by atoms with van der Waals surface area (Å²) in [5.74, 6) is 0.559. The van der Waals surface area contributed by atoms with Gasteiger partial charge in [-0.3, -0.25) is 9.59 Å². The van der Waals surface area contributed by atoms with E-state index in [1.165, 1.54) is 0 Å². The van der Waals surface area contributed by atoms with Gasteiger partial charge in [0, 0.05) is 49.5 Å². The van der Waals surface area contributed by atoms with Crippen molar-refractivity contribution in [3.63, 3.8) is 0 Å². The zero-order chi connectivity index (χ0) is 28.3. The van der Waals surface area contributed by atoms with Gasteiger partial charge in [-0.15, -0.1) is 0 Å². The molecule has 0 radical (unpaired) electrons. The summed E-state index contributed by atoms with van der Waals surface area (Å²) in [4.78, 5) is 28.0. The average molecular weight is 545 g/mol. The zero-order valence-corrected chi connectivity index (χ0v) is 23.4. The number of piperidine rings is 1. The first kappa shape index (κ1) is 29.1. The van der Waals surface area contributed by atoms with E-state index in [9.17, 15) is 14.7 Å². The molecule has 1 aliphatic heterocycles. The molecule has 0 aliphatic carbocycles. The number of benzene rings is 3. The van der Waals surface area contributed by atoms with Crippen molar-refractivity contribution in [2.45, 2.75) is 51.3 Å². The van der Waals surface area contributed by atoms with Crippen LogP contribution in [0.1, 0.15) is 47.7 Å². The number of carbonyl (C=O) groups excluding carboxylic acids is 2. The monoisotopic (exact) mass is 544 g/mol. The minimum atomic E-state index is -0.838. The van der Waals surface area contributed by atoms with Crippen LogP contribution in [0.4, 0.5) is 11.4 Å². The quantitative estimate of drug-likeness (QED) is 0.258. The van der Waals surface area contributed by atoms with Crippen LogP contribution in [0.3, 0.4) is 0 Å². The Bertz CT molecular complexity index is 1270. The van der Waals surface area contributed by atoms with E-state index in [0.717, 1.165) is 35.4 Å². The number of nitrogens with zero attached hydrogens (tertiary/aromatic N) is 1. The van der Waals surface area contributed by atoms with Gasteiger partial charge in [-0.2, -0.15) is 0 Å². The van der Waals surface area contributed by atoms with Gasteiger partial charge in [0.2, 0.25) is 5.91 Å². The smallest absolute Gasteiger partial charge is 0.251 e. The first-order valence-electron chi connectivity index (χ1n) is 14.0. The van der Waals surface area contributed by atoms with Gasteiger partial charge in [-0.05, 0) is 67.6 Å². The molecular formula is C32H40N4O4. The second-order valence-electron chi connectivity index (χ2n) is 10.1. The zero-order valence-electron chi connectivity index (χ0n) is 23.4. The van der Waals surface area contributed by atoms with Crippen molar-refractivity contribution >= 4 is 23.2 Å². The molecule has 212 valence electrons. The molecule has 8 nitrogen and oxygen atoms in total. The number of nitrogens with one attached hydrogen (secondary N) is 3. The average Bonchev–Trinajstić information content (AvgIpc) is 2.97. The highest BCUT2D eigenvalue weighted by molar-refractivity contribution is 5.99. The lowest BCUT2D eigenvalue weighted by Crippen LogP contribution is -2.48. The van der Waals surface area contributed by atoms with E-state index in [0.29, 0.717) is 50.3 Å². The topological polar surface area (TPSA) is 103 Å². The molecule has 3 aromatic carbocycles. The summed E-state index contributed by atoms with van der Waals surface area (Å²) in [6, 6.07) is 22.5. The van der Waals surface area contributed by atoms with Gasteiger partial charge in [0.1, 0.15) is 5.75 Å². The molecule has 0 unspecified atom stereocenters. The summed E-state index contributed by atoms with van der Waals surface area (Å²) < 4.78 is 5.30. The van der Waals surface area contributed by atoms with Crippen molar-refractivity contribution in [2.24, 2.45) is 0 Å². The van der Waals surface area contributed by atoms with Crippen molar-refractivity contribution in [1.82, 2.24) is 10.6 Å². The third-order valence-electron chi connectivity index (χ3n) is 7.09. The van der Waals surface area contributed by atoms with Gasteiger partial charge in [0.15, 0.2) is 0 Å². The van der Waals surface area contributed by atoms with E-state index < -0.39 is 12.1 Å². The molecule has 1 saturated heterocycles. The fourth-order valence-corrected chi connectivity index (χ4v) is 4.98. The van der Waals surface area contributed by atoms with Crippen LogP contribution in [-0.2, 0) is 17.8 Å². The first-order chi connectivity index (χ1) is 19.5. The Kier molecular flexibility index (Phi) is 10.5. The first-order valence-corrected chi connectivity index (χ1v) is 14.0. The van der Waals surface area contributed by atoms with Crippen LogP contribution in [0.5, 0.6) is 5.75 Å². The third kappa shape index (κ3) is 8.07. The van der Waals surface area contributed by atoms with Gasteiger partial charge in [0.05, 0.1) is 19.3 Å². The number of aliphatic hydroxyl groups excluding tert-OH is 1. The Labute approximate surface area is 236 Å². The van der Waals surface area contributed by atoms with Crippen molar-refractivity contribution in [3.8, 4) is 5.75 Å². The lowest BCUT2D eigenvalue weighted by molar-refractivity contribution is -0.119. The summed E-state index contributed by atoms with van der Waals surface area (Å²) in [6.07, 6.45) is 1.97. The molecule has 0 aromatic heterocycles. The van der Waals surface area contributed by atoms with Crippen LogP contribution < -0.4 is 25.6 Å². The van der Waals surface area contributed by atoms with E-state index in [1.54, 1.807) is 24.1 Å². The molecule has 2 amide bonds. The standard InChI is InChI=1S/C32H40N4O4/c1-3-34-26-18-25(19-27(20-26)36-15-8-7-14-31(36)38)32(39)35-29(17-23-10-5-4-6-11-23)30(37)22-33-21-24-12-9-13-28(16-24)40-2/h4-6,9-13,16,18-20,29-30,33-34,37H,3,7-8,14-15,17,21-22H2,1-2H3,(H,35,39)/t29-,30-/m0/s1. The molecule has 8 heteroatoms. The Hall–Kier alpha value is -3.88. The maximum Gasteiger partial charge on any atom is 0.251 e. The number of anilines is 2. The maximum atomic E-state index is 13.6. The van der Waals surface area contributed by atoms with Gasteiger partial charge in [-0.25, -0.2) is 0 Å². The number of ether oxygens (including phenoxy) is 1. The molecule has 0 bridgehead atoms. The molecule has 0 saturated carbocycles. The van der Waals surface area contributed by atoms with E-state index in [4.69, 9.17) is 4.74 Å². The molecule has 1 heterocycles. The van der Waals surface area contributed by atoms with Crippen molar-refractivity contribution in [2.75, 3.05) is 37.0 Å². The lowest BCUT2D eigenvalue weighted by Gasteiger charge is -2.28. The van der Waals surface area contributed by atoms with E-state index in [1.807, 2.05) is 67.6 Å². The van der Waals surface area contributed by atoms with E-state index in [-0.39, 0.29) is 11.8 Å². The highest BCUT2D eigenvalue weighted by Gasteiger charge is 2.25. The largest absolute Gasteiger partial charge is 0.497 e. The van der Waals surface area contributed by atoms with E-state index >= 15 is 0 Å². The fraction of sp³-hybridized carbons (Fsp3) is 0.375. The minimum Gasteiger partial charge on any atom is -0.497 e. The summed E-state index contributed by atoms with van der Waals surface area (Å²) in [5, 5.41) is 20.9. The number of hydrogen-bond donors (Lipinski definition) is 4. The van der Waals surface area contributed by atoms with Crippen molar-refractivity contribution in [3.05, 3.63) is 89.5 Å². The summed E-state index contributed by atoms with van der Waals surface area (Å²) >= 11 is 0. The number of aliphatic hydroxyl groups is 1. The van der Waals surface area contributed by atoms with Crippen LogP contribution in [-0.4, -0.2) is 55.8 Å². The third-order valence-corrected chi connectivity index (χ3v) is 7.09. The summed E-state index contributed by atoms with van der Waals surface area (Å²) in [6.45, 7) is 4.16. The number of rotatable bonds is 13. The van der Waals surface area contributed by atoms with Crippen LogP contribution >= 0.6 is 0 Å². The predicted molar refractivity (Wildman–Crippen MR) is 159 cm³/mol. The Morgan fingerprint density at radius 2 is 1.82 bits per heavy atom. The Morgan fingerprint density at radius 1 is 1.02 bits per heavy atom. The SMILES string of the molecule is CCNc1cc(C(=O)N[C@@H](Cc2ccccc2)[C@@H](O)CNCc2cccc(OC)c2)cc(N2CCCCC2=O)c1. The molecule has 2 atom stereocenters. The Morgan fingerprint density at radius 3 is 2.58 bits per heavy atom. The highest BCUT2D eigenvalue weighted by Crippen LogP contribution is 2.26. The minimum absolute atomic E-state index is 0.0748.